The van der Waals surface area contributed by atoms with Crippen LogP contribution in [0.2, 0.25) is 10.0 Å². The molecule has 9 nitrogen and oxygen atoms in total. The van der Waals surface area contributed by atoms with Crippen LogP contribution in [0.1, 0.15) is 84.3 Å². The van der Waals surface area contributed by atoms with Crippen molar-refractivity contribution in [2.45, 2.75) is 98.1 Å². The maximum absolute atomic E-state index is 12.2. The molecule has 0 bridgehead atoms. The van der Waals surface area contributed by atoms with Gasteiger partial charge >= 0.3 is 31.0 Å². The molecule has 2 aromatic carbocycles. The van der Waals surface area contributed by atoms with Crippen molar-refractivity contribution in [2.24, 2.45) is 11.8 Å². The molecule has 0 spiro atoms. The van der Waals surface area contributed by atoms with E-state index in [0.717, 1.165) is 30.8 Å². The molecule has 51 heavy (non-hydrogen) atoms. The molecule has 0 aliphatic carbocycles. The van der Waals surface area contributed by atoms with Crippen LogP contribution in [0.5, 0.6) is 0 Å². The number of imide groups is 1. The van der Waals surface area contributed by atoms with Gasteiger partial charge in [0.25, 0.3) is 0 Å². The molecule has 3 aliphatic rings. The van der Waals surface area contributed by atoms with Crippen LogP contribution in [-0.2, 0) is 36.6 Å². The molecule has 3 heterocycles. The molecule has 0 saturated carbocycles. The molecule has 0 aromatic heterocycles. The van der Waals surface area contributed by atoms with Gasteiger partial charge in [-0.25, -0.2) is 14.5 Å². The zero-order chi connectivity index (χ0) is 37.5. The summed E-state index contributed by atoms with van der Waals surface area (Å²) in [5, 5.41) is 3.77. The minimum Gasteiger partial charge on any atom is -0.447 e. The fourth-order valence-corrected chi connectivity index (χ4v) is 4.75. The Labute approximate surface area is 331 Å². The molecule has 13 heteroatoms. The number of unbranched alkanes of at least 4 members (excludes halogenated alkanes) is 1. The summed E-state index contributed by atoms with van der Waals surface area (Å²) in [6, 6.07) is 14.8. The minimum absolute atomic E-state index is 0. The number of hydrogen-bond acceptors (Lipinski definition) is 7. The Morgan fingerprint density at radius 3 is 1.67 bits per heavy atom. The molecule has 3 fully saturated rings. The summed E-state index contributed by atoms with van der Waals surface area (Å²) in [5.41, 5.74) is 2.10. The van der Waals surface area contributed by atoms with Gasteiger partial charge in [-0.15, -0.1) is 0 Å². The average molecular weight is 764 g/mol. The second-order valence-corrected chi connectivity index (χ2v) is 13.8. The first-order valence-electron chi connectivity index (χ1n) is 17.2. The van der Waals surface area contributed by atoms with Gasteiger partial charge in [0.05, 0.1) is 12.1 Å². The van der Waals surface area contributed by atoms with E-state index in [9.17, 15) is 19.2 Å². The average Bonchev–Trinajstić information content (AvgIpc) is 3.89. The van der Waals surface area contributed by atoms with Gasteiger partial charge in [-0.3, -0.25) is 9.59 Å². The fourth-order valence-electron chi connectivity index (χ4n) is 4.40. The standard InChI is InChI=1S/C15H18ClNO3.C9H8Cl2O.C6H11NO2.C4H8O.C4H9.Li/c1-10(2)13-9-20-15(19)17(13)14(18)8-5-11-3-6-12(16)7-4-11;10-8-4-1-7(2-5-8)3-6-9(11)12;1-4(2)5-3-9-6(8)7-5;1-2-4-5-3-1;1-3-4-2;/h3-4,6-7,10,13H,5,8-9H2,1-2H3;1-2,4-5H,3,6H2;4-5H,3H2,1-2H3,(H,7,8);1-4H2;1,3-4H2,2H3;/q;;;;-1;+1/t13-;;5-;;;/m0.0.../s1. The third kappa shape index (κ3) is 21.8. The predicted molar refractivity (Wildman–Crippen MR) is 201 cm³/mol. The molecule has 2 atom stereocenters. The largest absolute Gasteiger partial charge is 1.00 e. The SMILES string of the molecule is C1CCOC1.CC(C)[C@@H]1COC(=O)N1.CC(C)[C@@H]1COC(=O)N1C(=O)CCc1ccc(Cl)cc1.O=C(Cl)CCc1ccc(Cl)cc1.[CH2-]CCC.[Li+]. The molecule has 1 N–H and O–H groups in total. The number of alkyl carbamates (subject to hydrolysis) is 1. The van der Waals surface area contributed by atoms with E-state index in [1.807, 2.05) is 38.1 Å². The van der Waals surface area contributed by atoms with Crippen molar-refractivity contribution in [3.05, 3.63) is 76.6 Å². The van der Waals surface area contributed by atoms with Crippen LogP contribution < -0.4 is 24.2 Å². The van der Waals surface area contributed by atoms with Crippen LogP contribution in [0.15, 0.2) is 48.5 Å². The number of nitrogens with zero attached hydrogens (tertiary/aromatic N) is 1. The predicted octanol–water partition coefficient (Wildman–Crippen LogP) is 6.49. The fraction of sp³-hybridized carbons (Fsp3) is 0.553. The Bertz CT molecular complexity index is 1270. The van der Waals surface area contributed by atoms with Gasteiger partial charge < -0.3 is 26.5 Å². The van der Waals surface area contributed by atoms with Gasteiger partial charge in [-0.05, 0) is 84.5 Å². The number of cyclic esters (lactones) is 2. The van der Waals surface area contributed by atoms with Gasteiger partial charge in [0.1, 0.15) is 13.2 Å². The monoisotopic (exact) mass is 762 g/mol. The van der Waals surface area contributed by atoms with Gasteiger partial charge in [-0.2, -0.15) is 6.42 Å². The molecule has 3 aliphatic heterocycles. The summed E-state index contributed by atoms with van der Waals surface area (Å²) in [4.78, 5) is 46.0. The van der Waals surface area contributed by atoms with Crippen molar-refractivity contribution in [1.82, 2.24) is 10.2 Å². The summed E-state index contributed by atoms with van der Waals surface area (Å²) in [5.74, 6) is 0.485. The molecule has 280 valence electrons. The summed E-state index contributed by atoms with van der Waals surface area (Å²) < 4.78 is 14.6. The van der Waals surface area contributed by atoms with Gasteiger partial charge in [0, 0.05) is 36.1 Å². The van der Waals surface area contributed by atoms with E-state index in [4.69, 9.17) is 44.3 Å². The number of amides is 3. The topological polar surface area (TPSA) is 111 Å². The van der Waals surface area contributed by atoms with Crippen LogP contribution in [-0.4, -0.2) is 66.7 Å². The normalized spacial score (nSPS) is 17.1. The number of halogens is 3. The smallest absolute Gasteiger partial charge is 0.447 e. The first-order chi connectivity index (χ1) is 23.8. The van der Waals surface area contributed by atoms with Crippen molar-refractivity contribution in [3.8, 4) is 0 Å². The zero-order valence-electron chi connectivity index (χ0n) is 31.1. The summed E-state index contributed by atoms with van der Waals surface area (Å²) >= 11 is 16.7. The number of benzene rings is 2. The first kappa shape index (κ1) is 48.7. The molecular weight excluding hydrogens is 710 g/mol. The Balaban J connectivity index is 0.000000686. The molecule has 2 aromatic rings. The summed E-state index contributed by atoms with van der Waals surface area (Å²) in [6.45, 7) is 16.6. The third-order valence-electron chi connectivity index (χ3n) is 7.69. The number of hydrogen-bond donors (Lipinski definition) is 1. The maximum atomic E-state index is 12.2. The quantitative estimate of drug-likeness (QED) is 0.177. The van der Waals surface area contributed by atoms with E-state index in [-0.39, 0.29) is 54.1 Å². The zero-order valence-corrected chi connectivity index (χ0v) is 33.3. The second kappa shape index (κ2) is 28.3. The van der Waals surface area contributed by atoms with Crippen molar-refractivity contribution < 1.29 is 52.2 Å². The Morgan fingerprint density at radius 2 is 1.33 bits per heavy atom. The van der Waals surface area contributed by atoms with Crippen molar-refractivity contribution in [3.63, 3.8) is 0 Å². The Morgan fingerprint density at radius 1 is 0.843 bits per heavy atom. The molecule has 3 amide bonds. The van der Waals surface area contributed by atoms with E-state index in [0.29, 0.717) is 54.9 Å². The molecule has 0 radical (unpaired) electrons. The molecule has 5 rings (SSSR count). The van der Waals surface area contributed by atoms with Crippen molar-refractivity contribution in [1.29, 1.82) is 0 Å². The van der Waals surface area contributed by atoms with Crippen LogP contribution in [0.25, 0.3) is 0 Å². The van der Waals surface area contributed by atoms with E-state index in [2.05, 4.69) is 37.7 Å². The number of ether oxygens (including phenoxy) is 3. The molecule has 0 unspecified atom stereocenters. The van der Waals surface area contributed by atoms with Crippen LogP contribution in [0.4, 0.5) is 9.59 Å². The van der Waals surface area contributed by atoms with E-state index in [1.165, 1.54) is 24.2 Å². The van der Waals surface area contributed by atoms with Gasteiger partial charge in [0.2, 0.25) is 11.1 Å². The number of carbonyl (C=O) groups excluding carboxylic acids is 4. The van der Waals surface area contributed by atoms with E-state index < -0.39 is 6.09 Å². The van der Waals surface area contributed by atoms with Crippen LogP contribution in [0.3, 0.4) is 0 Å². The van der Waals surface area contributed by atoms with Crippen LogP contribution in [0, 0.1) is 18.8 Å². The minimum atomic E-state index is -0.523. The van der Waals surface area contributed by atoms with Gasteiger partial charge in [-0.1, -0.05) is 88.5 Å². The third-order valence-corrected chi connectivity index (χ3v) is 8.38. The number of rotatable bonds is 9. The van der Waals surface area contributed by atoms with E-state index in [1.54, 1.807) is 24.3 Å². The number of carbonyl (C=O) groups is 4. The Hall–Kier alpha value is -2.25. The van der Waals surface area contributed by atoms with Crippen molar-refractivity contribution >= 4 is 58.1 Å². The summed E-state index contributed by atoms with van der Waals surface area (Å²) in [6.07, 6.45) is 5.96. The Kier molecular flexibility index (Phi) is 27.0. The van der Waals surface area contributed by atoms with Crippen LogP contribution >= 0.6 is 34.8 Å². The second-order valence-electron chi connectivity index (χ2n) is 12.5. The van der Waals surface area contributed by atoms with E-state index >= 15 is 0 Å². The van der Waals surface area contributed by atoms with Gasteiger partial charge in [0.15, 0.2) is 0 Å². The molecular formula is C38H54Cl3LiN2O7. The number of aryl methyl sites for hydroxylation is 2. The molecule has 3 saturated heterocycles. The maximum Gasteiger partial charge on any atom is 1.00 e. The first-order valence-corrected chi connectivity index (χ1v) is 18.4. The number of nitrogens with one attached hydrogen (secondary N) is 1. The van der Waals surface area contributed by atoms with Crippen molar-refractivity contribution in [2.75, 3.05) is 26.4 Å². The summed E-state index contributed by atoms with van der Waals surface area (Å²) in [7, 11) is 0.